The van der Waals surface area contributed by atoms with Crippen LogP contribution in [-0.2, 0) is 6.54 Å². The summed E-state index contributed by atoms with van der Waals surface area (Å²) in [6.45, 7) is -0.0589. The lowest BCUT2D eigenvalue weighted by molar-refractivity contribution is 0.415. The maximum Gasteiger partial charge on any atom is 0.267 e. The second-order valence-corrected chi connectivity index (χ2v) is 3.60. The van der Waals surface area contributed by atoms with Crippen LogP contribution < -0.4 is 10.3 Å². The Morgan fingerprint density at radius 2 is 2.22 bits per heavy atom. The predicted octanol–water partition coefficient (Wildman–Crippen LogP) is 1.44. The van der Waals surface area contributed by atoms with Gasteiger partial charge in [0.2, 0.25) is 0 Å². The van der Waals surface area contributed by atoms with Crippen LogP contribution in [0.1, 0.15) is 0 Å². The number of hydrogen-bond acceptors (Lipinski definition) is 4. The van der Waals surface area contributed by atoms with Crippen LogP contribution in [0.4, 0.5) is 0 Å². The number of hydrogen-bond donors (Lipinski definition) is 0. The van der Waals surface area contributed by atoms with Crippen LogP contribution in [0.5, 0.6) is 5.75 Å². The molecule has 0 saturated heterocycles. The Balaban J connectivity index is 2.47. The first-order valence-corrected chi connectivity index (χ1v) is 5.34. The van der Waals surface area contributed by atoms with Crippen molar-refractivity contribution >= 4 is 0 Å². The molecular weight excluding hydrogens is 230 g/mol. The van der Waals surface area contributed by atoms with E-state index < -0.39 is 0 Å². The fourth-order valence-corrected chi connectivity index (χ4v) is 1.57. The SMILES string of the molecule is COc1cccc(-c2ccc(=O)n(CC#N)n2)c1. The van der Waals surface area contributed by atoms with Crippen molar-refractivity contribution in [3.8, 4) is 23.1 Å². The minimum Gasteiger partial charge on any atom is -0.497 e. The molecular formula is C13H11N3O2. The van der Waals surface area contributed by atoms with Gasteiger partial charge in [0, 0.05) is 11.6 Å². The molecule has 0 aliphatic carbocycles. The van der Waals surface area contributed by atoms with Gasteiger partial charge in [-0.15, -0.1) is 0 Å². The lowest BCUT2D eigenvalue weighted by atomic mass is 10.1. The van der Waals surface area contributed by atoms with Crippen molar-refractivity contribution in [3.05, 3.63) is 46.8 Å². The van der Waals surface area contributed by atoms with Gasteiger partial charge < -0.3 is 4.74 Å². The van der Waals surface area contributed by atoms with Gasteiger partial charge in [0.25, 0.3) is 5.56 Å². The number of nitrogens with zero attached hydrogens (tertiary/aromatic N) is 3. The lowest BCUT2D eigenvalue weighted by Crippen LogP contribution is -2.21. The minimum atomic E-state index is -0.289. The summed E-state index contributed by atoms with van der Waals surface area (Å²) in [5.41, 5.74) is 1.17. The van der Waals surface area contributed by atoms with E-state index in [1.807, 2.05) is 30.3 Å². The van der Waals surface area contributed by atoms with Crippen LogP contribution in [0.2, 0.25) is 0 Å². The molecule has 5 heteroatoms. The predicted molar refractivity (Wildman–Crippen MR) is 66.1 cm³/mol. The van der Waals surface area contributed by atoms with E-state index in [-0.39, 0.29) is 12.1 Å². The molecule has 1 aromatic carbocycles. The summed E-state index contributed by atoms with van der Waals surface area (Å²) in [7, 11) is 1.59. The van der Waals surface area contributed by atoms with Crippen molar-refractivity contribution in [2.75, 3.05) is 7.11 Å². The smallest absolute Gasteiger partial charge is 0.267 e. The van der Waals surface area contributed by atoms with Gasteiger partial charge in [0.1, 0.15) is 12.3 Å². The number of ether oxygens (including phenoxy) is 1. The average Bonchev–Trinajstić information content (AvgIpc) is 2.41. The molecule has 1 heterocycles. The van der Waals surface area contributed by atoms with Gasteiger partial charge >= 0.3 is 0 Å². The van der Waals surface area contributed by atoms with E-state index in [9.17, 15) is 4.79 Å². The normalized spacial score (nSPS) is 9.78. The van der Waals surface area contributed by atoms with E-state index >= 15 is 0 Å². The Bertz CT molecular complexity index is 656. The molecule has 1 aromatic heterocycles. The number of benzene rings is 1. The fourth-order valence-electron chi connectivity index (χ4n) is 1.57. The summed E-state index contributed by atoms with van der Waals surface area (Å²) in [6.07, 6.45) is 0. The Kier molecular flexibility index (Phi) is 3.39. The number of nitriles is 1. The molecule has 0 atom stereocenters. The lowest BCUT2D eigenvalue weighted by Gasteiger charge is -2.05. The molecule has 0 radical (unpaired) electrons. The van der Waals surface area contributed by atoms with Gasteiger partial charge in [-0.2, -0.15) is 10.4 Å². The van der Waals surface area contributed by atoms with Crippen molar-refractivity contribution < 1.29 is 4.74 Å². The molecule has 0 aliphatic rings. The first-order valence-electron chi connectivity index (χ1n) is 5.34. The Labute approximate surface area is 104 Å². The Morgan fingerprint density at radius 3 is 2.94 bits per heavy atom. The van der Waals surface area contributed by atoms with E-state index in [2.05, 4.69) is 5.10 Å². The fraction of sp³-hybridized carbons (Fsp3) is 0.154. The quantitative estimate of drug-likeness (QED) is 0.815. The molecule has 2 rings (SSSR count). The number of methoxy groups -OCH3 is 1. The van der Waals surface area contributed by atoms with E-state index in [0.717, 1.165) is 10.2 Å². The topological polar surface area (TPSA) is 67.9 Å². The van der Waals surface area contributed by atoms with Gasteiger partial charge in [-0.25, -0.2) is 4.68 Å². The first-order chi connectivity index (χ1) is 8.74. The van der Waals surface area contributed by atoms with Crippen molar-refractivity contribution in [2.45, 2.75) is 6.54 Å². The van der Waals surface area contributed by atoms with Crippen molar-refractivity contribution in [1.29, 1.82) is 5.26 Å². The molecule has 0 amide bonds. The molecule has 90 valence electrons. The molecule has 0 unspecified atom stereocenters. The summed E-state index contributed by atoms with van der Waals surface area (Å²) in [4.78, 5) is 11.4. The maximum absolute atomic E-state index is 11.4. The monoisotopic (exact) mass is 241 g/mol. The van der Waals surface area contributed by atoms with Crippen LogP contribution in [-0.4, -0.2) is 16.9 Å². The molecule has 0 fully saturated rings. The molecule has 5 nitrogen and oxygen atoms in total. The third-order valence-electron chi connectivity index (χ3n) is 2.45. The van der Waals surface area contributed by atoms with Crippen LogP contribution >= 0.6 is 0 Å². The third kappa shape index (κ3) is 2.38. The highest BCUT2D eigenvalue weighted by molar-refractivity contribution is 5.60. The van der Waals surface area contributed by atoms with Crippen molar-refractivity contribution in [3.63, 3.8) is 0 Å². The van der Waals surface area contributed by atoms with Crippen molar-refractivity contribution in [2.24, 2.45) is 0 Å². The molecule has 0 N–H and O–H groups in total. The third-order valence-corrected chi connectivity index (χ3v) is 2.45. The molecule has 0 aliphatic heterocycles. The molecule has 0 saturated carbocycles. The van der Waals surface area contributed by atoms with E-state index in [1.165, 1.54) is 6.07 Å². The standard InChI is InChI=1S/C13H11N3O2/c1-18-11-4-2-3-10(9-11)12-5-6-13(17)16(15-12)8-7-14/h2-6,9H,8H2,1H3. The highest BCUT2D eigenvalue weighted by atomic mass is 16.5. The van der Waals surface area contributed by atoms with Crippen LogP contribution in [0, 0.1) is 11.3 Å². The highest BCUT2D eigenvalue weighted by Crippen LogP contribution is 2.20. The summed E-state index contributed by atoms with van der Waals surface area (Å²) >= 11 is 0. The molecule has 0 spiro atoms. The zero-order chi connectivity index (χ0) is 13.0. The van der Waals surface area contributed by atoms with E-state index in [0.29, 0.717) is 11.4 Å². The highest BCUT2D eigenvalue weighted by Gasteiger charge is 2.04. The van der Waals surface area contributed by atoms with E-state index in [1.54, 1.807) is 13.2 Å². The number of rotatable bonds is 3. The largest absolute Gasteiger partial charge is 0.497 e. The van der Waals surface area contributed by atoms with E-state index in [4.69, 9.17) is 10.00 Å². The van der Waals surface area contributed by atoms with Crippen LogP contribution in [0.3, 0.4) is 0 Å². The van der Waals surface area contributed by atoms with Crippen LogP contribution in [0.15, 0.2) is 41.2 Å². The average molecular weight is 241 g/mol. The molecule has 18 heavy (non-hydrogen) atoms. The maximum atomic E-state index is 11.4. The Morgan fingerprint density at radius 1 is 1.39 bits per heavy atom. The van der Waals surface area contributed by atoms with Gasteiger partial charge in [0.05, 0.1) is 18.9 Å². The molecule has 0 bridgehead atoms. The summed E-state index contributed by atoms with van der Waals surface area (Å²) in [6, 6.07) is 12.3. The van der Waals surface area contributed by atoms with Gasteiger partial charge in [-0.05, 0) is 18.2 Å². The summed E-state index contributed by atoms with van der Waals surface area (Å²) in [5, 5.41) is 12.8. The van der Waals surface area contributed by atoms with Crippen LogP contribution in [0.25, 0.3) is 11.3 Å². The molecule has 2 aromatic rings. The zero-order valence-electron chi connectivity index (χ0n) is 9.83. The van der Waals surface area contributed by atoms with Gasteiger partial charge in [0.15, 0.2) is 0 Å². The number of aromatic nitrogens is 2. The minimum absolute atomic E-state index is 0.0589. The van der Waals surface area contributed by atoms with Gasteiger partial charge in [-0.1, -0.05) is 12.1 Å². The summed E-state index contributed by atoms with van der Waals surface area (Å²) < 4.78 is 6.26. The Hall–Kier alpha value is -2.61. The zero-order valence-corrected chi connectivity index (χ0v) is 9.83. The second-order valence-electron chi connectivity index (χ2n) is 3.60. The first kappa shape index (κ1) is 11.9. The summed E-state index contributed by atoms with van der Waals surface area (Å²) in [5.74, 6) is 0.715. The van der Waals surface area contributed by atoms with Gasteiger partial charge in [-0.3, -0.25) is 4.79 Å². The van der Waals surface area contributed by atoms with Crippen molar-refractivity contribution in [1.82, 2.24) is 9.78 Å². The second kappa shape index (κ2) is 5.15.